The molecule has 0 bridgehead atoms. The minimum absolute atomic E-state index is 0.307. The first-order chi connectivity index (χ1) is 9.59. The topological polar surface area (TPSA) is 32.5 Å². The molecule has 1 unspecified atom stereocenters. The van der Waals surface area contributed by atoms with Crippen LogP contribution in [0.25, 0.3) is 0 Å². The van der Waals surface area contributed by atoms with E-state index in [2.05, 4.69) is 30.6 Å². The maximum Gasteiger partial charge on any atom is 0.0356 e. The largest absolute Gasteiger partial charge is 0.329 e. The van der Waals surface area contributed by atoms with Crippen molar-refractivity contribution in [1.82, 2.24) is 9.80 Å². The van der Waals surface area contributed by atoms with Gasteiger partial charge in [0.1, 0.15) is 0 Å². The summed E-state index contributed by atoms with van der Waals surface area (Å²) in [6.45, 7) is 14.1. The van der Waals surface area contributed by atoms with Gasteiger partial charge in [-0.25, -0.2) is 0 Å². The Labute approximate surface area is 125 Å². The van der Waals surface area contributed by atoms with Crippen LogP contribution in [0.2, 0.25) is 0 Å². The standard InChI is InChI=1S/C17H35N3/c1-4-16-6-5-9-20(13-16)17(14-18)7-10-19(11-8-17)12-15(2)3/h15-16H,4-14,18H2,1-3H3. The summed E-state index contributed by atoms with van der Waals surface area (Å²) in [4.78, 5) is 5.40. The zero-order valence-corrected chi connectivity index (χ0v) is 13.9. The van der Waals surface area contributed by atoms with Crippen LogP contribution < -0.4 is 5.73 Å². The Hall–Kier alpha value is -0.120. The van der Waals surface area contributed by atoms with Crippen LogP contribution in [0.5, 0.6) is 0 Å². The first-order valence-corrected chi connectivity index (χ1v) is 8.77. The molecule has 2 heterocycles. The molecule has 1 atom stereocenters. The molecular formula is C17H35N3. The molecule has 118 valence electrons. The maximum absolute atomic E-state index is 6.24. The SMILES string of the molecule is CCC1CCCN(C2(CN)CCN(CC(C)C)CC2)C1. The van der Waals surface area contributed by atoms with Gasteiger partial charge in [0.05, 0.1) is 0 Å². The predicted molar refractivity (Wildman–Crippen MR) is 86.9 cm³/mol. The van der Waals surface area contributed by atoms with E-state index < -0.39 is 0 Å². The lowest BCUT2D eigenvalue weighted by atomic mass is 9.82. The van der Waals surface area contributed by atoms with Gasteiger partial charge in [-0.2, -0.15) is 0 Å². The Bertz CT molecular complexity index is 282. The molecular weight excluding hydrogens is 246 g/mol. The van der Waals surface area contributed by atoms with Crippen molar-refractivity contribution in [3.05, 3.63) is 0 Å². The summed E-state index contributed by atoms with van der Waals surface area (Å²) < 4.78 is 0. The summed E-state index contributed by atoms with van der Waals surface area (Å²) in [5, 5.41) is 0. The van der Waals surface area contributed by atoms with Crippen LogP contribution in [0.15, 0.2) is 0 Å². The first-order valence-electron chi connectivity index (χ1n) is 8.77. The van der Waals surface area contributed by atoms with E-state index in [9.17, 15) is 0 Å². The Kier molecular flexibility index (Phi) is 5.88. The predicted octanol–water partition coefficient (Wildman–Crippen LogP) is 2.56. The molecule has 0 saturated carbocycles. The Balaban J connectivity index is 1.94. The quantitative estimate of drug-likeness (QED) is 0.840. The zero-order chi connectivity index (χ0) is 14.6. The van der Waals surface area contributed by atoms with Crippen molar-refractivity contribution in [1.29, 1.82) is 0 Å². The Morgan fingerprint density at radius 1 is 1.20 bits per heavy atom. The van der Waals surface area contributed by atoms with Crippen molar-refractivity contribution >= 4 is 0 Å². The summed E-state index contributed by atoms with van der Waals surface area (Å²) in [7, 11) is 0. The molecule has 0 amide bonds. The van der Waals surface area contributed by atoms with Gasteiger partial charge in [0, 0.05) is 25.2 Å². The number of rotatable bonds is 5. The molecule has 3 nitrogen and oxygen atoms in total. The number of nitrogens with two attached hydrogens (primary N) is 1. The highest BCUT2D eigenvalue weighted by Gasteiger charge is 2.40. The monoisotopic (exact) mass is 281 g/mol. The summed E-state index contributed by atoms with van der Waals surface area (Å²) in [6, 6.07) is 0. The second-order valence-electron chi connectivity index (χ2n) is 7.49. The lowest BCUT2D eigenvalue weighted by Gasteiger charge is -2.51. The van der Waals surface area contributed by atoms with Crippen LogP contribution in [0.1, 0.15) is 52.9 Å². The number of hydrogen-bond donors (Lipinski definition) is 1. The van der Waals surface area contributed by atoms with Gasteiger partial charge in [-0.1, -0.05) is 27.2 Å². The average molecular weight is 281 g/mol. The third kappa shape index (κ3) is 3.75. The van der Waals surface area contributed by atoms with E-state index in [-0.39, 0.29) is 0 Å². The third-order valence-corrected chi connectivity index (χ3v) is 5.56. The van der Waals surface area contributed by atoms with Gasteiger partial charge in [0.15, 0.2) is 0 Å². The summed E-state index contributed by atoms with van der Waals surface area (Å²) in [6.07, 6.45) is 6.67. The van der Waals surface area contributed by atoms with E-state index in [0.717, 1.165) is 18.4 Å². The lowest BCUT2D eigenvalue weighted by molar-refractivity contribution is -0.00340. The second-order valence-corrected chi connectivity index (χ2v) is 7.49. The van der Waals surface area contributed by atoms with Crippen LogP contribution in [0, 0.1) is 11.8 Å². The molecule has 3 heteroatoms. The molecule has 2 saturated heterocycles. The molecule has 0 aromatic carbocycles. The molecule has 0 radical (unpaired) electrons. The van der Waals surface area contributed by atoms with E-state index in [1.807, 2.05) is 0 Å². The molecule has 0 aromatic heterocycles. The van der Waals surface area contributed by atoms with E-state index in [0.29, 0.717) is 5.54 Å². The Morgan fingerprint density at radius 3 is 2.45 bits per heavy atom. The van der Waals surface area contributed by atoms with Crippen LogP contribution >= 0.6 is 0 Å². The minimum Gasteiger partial charge on any atom is -0.329 e. The molecule has 2 aliphatic rings. The summed E-state index contributed by atoms with van der Waals surface area (Å²) in [5.74, 6) is 1.68. The lowest BCUT2D eigenvalue weighted by Crippen LogP contribution is -2.61. The second kappa shape index (κ2) is 7.24. The fourth-order valence-electron chi connectivity index (χ4n) is 4.15. The molecule has 0 aliphatic carbocycles. The van der Waals surface area contributed by atoms with Crippen LogP contribution in [-0.4, -0.2) is 54.6 Å². The molecule has 0 spiro atoms. The normalized spacial score (nSPS) is 28.9. The Morgan fingerprint density at radius 2 is 1.90 bits per heavy atom. The molecule has 0 aromatic rings. The molecule has 2 N–H and O–H groups in total. The summed E-state index contributed by atoms with van der Waals surface area (Å²) >= 11 is 0. The van der Waals surface area contributed by atoms with Gasteiger partial charge >= 0.3 is 0 Å². The average Bonchev–Trinajstić information content (AvgIpc) is 2.48. The fraction of sp³-hybridized carbons (Fsp3) is 1.00. The highest BCUT2D eigenvalue weighted by molar-refractivity contribution is 4.98. The number of hydrogen-bond acceptors (Lipinski definition) is 3. The molecule has 2 aliphatic heterocycles. The van der Waals surface area contributed by atoms with Gasteiger partial charge in [-0.3, -0.25) is 4.90 Å². The third-order valence-electron chi connectivity index (χ3n) is 5.56. The molecule has 20 heavy (non-hydrogen) atoms. The van der Waals surface area contributed by atoms with Gasteiger partial charge in [-0.05, 0) is 57.2 Å². The molecule has 2 rings (SSSR count). The van der Waals surface area contributed by atoms with E-state index in [1.165, 1.54) is 64.8 Å². The van der Waals surface area contributed by atoms with Crippen molar-refractivity contribution in [2.75, 3.05) is 39.3 Å². The van der Waals surface area contributed by atoms with Gasteiger partial charge in [-0.15, -0.1) is 0 Å². The zero-order valence-electron chi connectivity index (χ0n) is 13.9. The summed E-state index contributed by atoms with van der Waals surface area (Å²) in [5.41, 5.74) is 6.55. The van der Waals surface area contributed by atoms with Crippen molar-refractivity contribution in [3.63, 3.8) is 0 Å². The number of nitrogens with zero attached hydrogens (tertiary/aromatic N) is 2. The van der Waals surface area contributed by atoms with E-state index in [1.54, 1.807) is 0 Å². The van der Waals surface area contributed by atoms with Crippen molar-refractivity contribution < 1.29 is 0 Å². The van der Waals surface area contributed by atoms with Crippen molar-refractivity contribution in [3.8, 4) is 0 Å². The molecule has 2 fully saturated rings. The van der Waals surface area contributed by atoms with Crippen molar-refractivity contribution in [2.45, 2.75) is 58.4 Å². The van der Waals surface area contributed by atoms with Crippen LogP contribution in [0.3, 0.4) is 0 Å². The maximum atomic E-state index is 6.24. The smallest absolute Gasteiger partial charge is 0.0356 e. The fourth-order valence-corrected chi connectivity index (χ4v) is 4.15. The van der Waals surface area contributed by atoms with E-state index in [4.69, 9.17) is 5.73 Å². The highest BCUT2D eigenvalue weighted by Crippen LogP contribution is 2.33. The number of likely N-dealkylation sites (tertiary alicyclic amines) is 2. The first kappa shape index (κ1) is 16.3. The minimum atomic E-state index is 0.307. The van der Waals surface area contributed by atoms with Gasteiger partial charge in [0.25, 0.3) is 0 Å². The van der Waals surface area contributed by atoms with Gasteiger partial charge < -0.3 is 10.6 Å². The van der Waals surface area contributed by atoms with Crippen molar-refractivity contribution in [2.24, 2.45) is 17.6 Å². The van der Waals surface area contributed by atoms with Crippen LogP contribution in [0.4, 0.5) is 0 Å². The van der Waals surface area contributed by atoms with Gasteiger partial charge in [0.2, 0.25) is 0 Å². The van der Waals surface area contributed by atoms with Crippen LogP contribution in [-0.2, 0) is 0 Å². The highest BCUT2D eigenvalue weighted by atomic mass is 15.2. The van der Waals surface area contributed by atoms with E-state index >= 15 is 0 Å². The number of piperidine rings is 2.